The molecule has 34 heavy (non-hydrogen) atoms. The van der Waals surface area contributed by atoms with E-state index in [1.165, 1.54) is 25.7 Å². The minimum atomic E-state index is -0.795. The summed E-state index contributed by atoms with van der Waals surface area (Å²) in [4.78, 5) is 23.8. The van der Waals surface area contributed by atoms with Gasteiger partial charge in [-0.15, -0.1) is 0 Å². The van der Waals surface area contributed by atoms with Gasteiger partial charge in [0.1, 0.15) is 6.61 Å². The smallest absolute Gasteiger partial charge is 0.306 e. The van der Waals surface area contributed by atoms with Crippen LogP contribution in [0.15, 0.2) is 60.8 Å². The number of rotatable bonds is 21. The summed E-state index contributed by atoms with van der Waals surface area (Å²) < 4.78 is 10.4. The van der Waals surface area contributed by atoms with Crippen LogP contribution in [0.2, 0.25) is 0 Å². The fourth-order valence-corrected chi connectivity index (χ4v) is 2.99. The summed E-state index contributed by atoms with van der Waals surface area (Å²) in [5, 5.41) is 9.38. The van der Waals surface area contributed by atoms with Crippen molar-refractivity contribution in [2.45, 2.75) is 97.0 Å². The van der Waals surface area contributed by atoms with Gasteiger partial charge in [-0.05, 0) is 25.7 Å². The number of aliphatic hydroxyl groups excluding tert-OH is 1. The Kier molecular flexibility index (Phi) is 23.4. The molecule has 1 N–H and O–H groups in total. The second kappa shape index (κ2) is 25.2. The number of hydrogen-bond acceptors (Lipinski definition) is 5. The Morgan fingerprint density at radius 2 is 1.26 bits per heavy atom. The summed E-state index contributed by atoms with van der Waals surface area (Å²) in [7, 11) is 0. The standard InChI is InChI=1S/C29H46O5/c1-3-5-7-9-11-12-13-14-15-16-18-19-21-23-28(31)33-26-27(25-30)34-29(32)24-22-20-17-10-8-6-4-2/h5,7,9,11-16,18,27,30H,3-4,6,8,10,17,19-26H2,1-2H3/b7-5+,11-9+,13-12+,15-14+,18-16+. The van der Waals surface area contributed by atoms with Gasteiger partial charge in [0.2, 0.25) is 0 Å². The first-order chi connectivity index (χ1) is 16.6. The highest BCUT2D eigenvalue weighted by molar-refractivity contribution is 5.70. The van der Waals surface area contributed by atoms with Crippen molar-refractivity contribution < 1.29 is 24.2 Å². The van der Waals surface area contributed by atoms with E-state index in [0.717, 1.165) is 32.1 Å². The van der Waals surface area contributed by atoms with E-state index in [4.69, 9.17) is 9.47 Å². The third kappa shape index (κ3) is 22.8. The lowest BCUT2D eigenvalue weighted by molar-refractivity contribution is -0.161. The Morgan fingerprint density at radius 1 is 0.706 bits per heavy atom. The molecule has 0 spiro atoms. The number of carbonyl (C=O) groups is 2. The fourth-order valence-electron chi connectivity index (χ4n) is 2.99. The van der Waals surface area contributed by atoms with Gasteiger partial charge in [0.25, 0.3) is 0 Å². The molecular weight excluding hydrogens is 428 g/mol. The van der Waals surface area contributed by atoms with E-state index in [2.05, 4.69) is 19.9 Å². The normalized spacial score (nSPS) is 13.1. The minimum absolute atomic E-state index is 0.105. The third-order valence-corrected chi connectivity index (χ3v) is 4.95. The Morgan fingerprint density at radius 3 is 1.88 bits per heavy atom. The van der Waals surface area contributed by atoms with Crippen LogP contribution in [0.1, 0.15) is 90.9 Å². The van der Waals surface area contributed by atoms with Gasteiger partial charge in [0, 0.05) is 12.8 Å². The van der Waals surface area contributed by atoms with Gasteiger partial charge in [-0.3, -0.25) is 9.59 Å². The maximum atomic E-state index is 11.9. The lowest BCUT2D eigenvalue weighted by Crippen LogP contribution is -2.28. The zero-order chi connectivity index (χ0) is 25.1. The predicted octanol–water partition coefficient (Wildman–Crippen LogP) is 6.94. The molecule has 0 aliphatic heterocycles. The molecule has 5 nitrogen and oxygen atoms in total. The Hall–Kier alpha value is -2.40. The molecule has 0 saturated carbocycles. The summed E-state index contributed by atoms with van der Waals surface area (Å²) in [6.07, 6.45) is 30.0. The Labute approximate surface area is 207 Å². The van der Waals surface area contributed by atoms with E-state index in [0.29, 0.717) is 12.8 Å². The molecule has 0 rings (SSSR count). The van der Waals surface area contributed by atoms with E-state index in [-0.39, 0.29) is 31.6 Å². The first kappa shape index (κ1) is 31.6. The van der Waals surface area contributed by atoms with Gasteiger partial charge in [0.15, 0.2) is 6.10 Å². The van der Waals surface area contributed by atoms with E-state index in [1.54, 1.807) is 0 Å². The molecule has 0 bridgehead atoms. The highest BCUT2D eigenvalue weighted by atomic mass is 16.6. The number of aliphatic hydroxyl groups is 1. The van der Waals surface area contributed by atoms with Gasteiger partial charge in [0.05, 0.1) is 6.61 Å². The van der Waals surface area contributed by atoms with Crippen molar-refractivity contribution in [3.63, 3.8) is 0 Å². The molecule has 0 fully saturated rings. The van der Waals surface area contributed by atoms with Crippen LogP contribution >= 0.6 is 0 Å². The van der Waals surface area contributed by atoms with Crippen LogP contribution in [0.25, 0.3) is 0 Å². The van der Waals surface area contributed by atoms with Crippen LogP contribution in [0.5, 0.6) is 0 Å². The zero-order valence-electron chi connectivity index (χ0n) is 21.3. The molecule has 1 atom stereocenters. The maximum absolute atomic E-state index is 11.9. The fraction of sp³-hybridized carbons (Fsp3) is 0.586. The molecule has 0 amide bonds. The number of allylic oxidation sites excluding steroid dienone is 10. The summed E-state index contributed by atoms with van der Waals surface area (Å²) in [5.74, 6) is -0.696. The average molecular weight is 475 g/mol. The molecular formula is C29H46O5. The second-order valence-corrected chi connectivity index (χ2v) is 8.16. The summed E-state index contributed by atoms with van der Waals surface area (Å²) in [6, 6.07) is 0. The Balaban J connectivity index is 3.84. The second-order valence-electron chi connectivity index (χ2n) is 8.16. The number of esters is 2. The SMILES string of the molecule is CC/C=C/C=C/C=C/C=C/C=C/CCCC(=O)OCC(CO)OC(=O)CCCCCCCCC. The molecule has 0 aliphatic rings. The van der Waals surface area contributed by atoms with E-state index >= 15 is 0 Å². The number of carbonyl (C=O) groups excluding carboxylic acids is 2. The first-order valence-electron chi connectivity index (χ1n) is 12.9. The van der Waals surface area contributed by atoms with Crippen LogP contribution in [-0.4, -0.2) is 36.4 Å². The lowest BCUT2D eigenvalue weighted by Gasteiger charge is -2.15. The molecule has 1 unspecified atom stereocenters. The lowest BCUT2D eigenvalue weighted by atomic mass is 10.1. The molecule has 0 heterocycles. The van der Waals surface area contributed by atoms with Crippen molar-refractivity contribution in [3.05, 3.63) is 60.8 Å². The van der Waals surface area contributed by atoms with Crippen LogP contribution < -0.4 is 0 Å². The van der Waals surface area contributed by atoms with Crippen LogP contribution in [0.3, 0.4) is 0 Å². The summed E-state index contributed by atoms with van der Waals surface area (Å²) in [5.41, 5.74) is 0. The third-order valence-electron chi connectivity index (χ3n) is 4.95. The molecule has 0 aromatic heterocycles. The van der Waals surface area contributed by atoms with Gasteiger partial charge < -0.3 is 14.6 Å². The molecule has 0 aromatic carbocycles. The summed E-state index contributed by atoms with van der Waals surface area (Å²) in [6.45, 7) is 3.83. The highest BCUT2D eigenvalue weighted by Crippen LogP contribution is 2.09. The van der Waals surface area contributed by atoms with Gasteiger partial charge in [-0.25, -0.2) is 0 Å². The van der Waals surface area contributed by atoms with Gasteiger partial charge >= 0.3 is 11.9 Å². The van der Waals surface area contributed by atoms with Crippen molar-refractivity contribution in [2.24, 2.45) is 0 Å². The van der Waals surface area contributed by atoms with Crippen LogP contribution in [0, 0.1) is 0 Å². The van der Waals surface area contributed by atoms with Crippen LogP contribution in [-0.2, 0) is 19.1 Å². The van der Waals surface area contributed by atoms with Crippen molar-refractivity contribution in [1.82, 2.24) is 0 Å². The molecule has 0 aromatic rings. The van der Waals surface area contributed by atoms with Crippen molar-refractivity contribution in [1.29, 1.82) is 0 Å². The Bertz CT molecular complexity index is 643. The molecule has 5 heteroatoms. The van der Waals surface area contributed by atoms with Crippen molar-refractivity contribution in [2.75, 3.05) is 13.2 Å². The van der Waals surface area contributed by atoms with Crippen LogP contribution in [0.4, 0.5) is 0 Å². The zero-order valence-corrected chi connectivity index (χ0v) is 21.3. The van der Waals surface area contributed by atoms with E-state index in [9.17, 15) is 14.7 Å². The minimum Gasteiger partial charge on any atom is -0.462 e. The number of hydrogen-bond donors (Lipinski definition) is 1. The largest absolute Gasteiger partial charge is 0.462 e. The quantitative estimate of drug-likeness (QED) is 0.111. The van der Waals surface area contributed by atoms with Gasteiger partial charge in [-0.1, -0.05) is 113 Å². The first-order valence-corrected chi connectivity index (χ1v) is 12.9. The molecule has 0 radical (unpaired) electrons. The number of unbranched alkanes of at least 4 members (excludes halogenated alkanes) is 7. The number of ether oxygens (including phenoxy) is 2. The monoisotopic (exact) mass is 474 g/mol. The molecule has 0 aliphatic carbocycles. The maximum Gasteiger partial charge on any atom is 0.306 e. The van der Waals surface area contributed by atoms with E-state index < -0.39 is 6.10 Å². The predicted molar refractivity (Wildman–Crippen MR) is 140 cm³/mol. The molecule has 0 saturated heterocycles. The summed E-state index contributed by atoms with van der Waals surface area (Å²) >= 11 is 0. The highest BCUT2D eigenvalue weighted by Gasteiger charge is 2.15. The average Bonchev–Trinajstić information content (AvgIpc) is 2.84. The van der Waals surface area contributed by atoms with Gasteiger partial charge in [-0.2, -0.15) is 0 Å². The van der Waals surface area contributed by atoms with E-state index in [1.807, 2.05) is 54.7 Å². The molecule has 192 valence electrons. The van der Waals surface area contributed by atoms with Crippen molar-refractivity contribution in [3.8, 4) is 0 Å². The van der Waals surface area contributed by atoms with Crippen molar-refractivity contribution >= 4 is 11.9 Å². The topological polar surface area (TPSA) is 72.8 Å².